The Morgan fingerprint density at radius 3 is 2.41 bits per heavy atom. The van der Waals surface area contributed by atoms with Gasteiger partial charge in [0.2, 0.25) is 10.0 Å². The first kappa shape index (κ1) is 18.1. The lowest BCUT2D eigenvalue weighted by atomic mass is 10.2. The van der Waals surface area contributed by atoms with Crippen molar-refractivity contribution in [1.29, 1.82) is 0 Å². The summed E-state index contributed by atoms with van der Waals surface area (Å²) >= 11 is 0. The van der Waals surface area contributed by atoms with E-state index in [9.17, 15) is 18.0 Å². The van der Waals surface area contributed by atoms with Crippen molar-refractivity contribution in [3.63, 3.8) is 0 Å². The van der Waals surface area contributed by atoms with Crippen LogP contribution in [-0.4, -0.2) is 40.0 Å². The number of sulfonamides is 1. The van der Waals surface area contributed by atoms with Gasteiger partial charge in [-0.1, -0.05) is 24.6 Å². The highest BCUT2D eigenvalue weighted by molar-refractivity contribution is 7.89. The molecule has 1 amide bonds. The fourth-order valence-corrected chi connectivity index (χ4v) is 2.44. The minimum Gasteiger partial charge on any atom is -0.455 e. The first-order valence-corrected chi connectivity index (χ1v) is 8.32. The van der Waals surface area contributed by atoms with E-state index in [0.717, 1.165) is 12.0 Å². The first-order chi connectivity index (χ1) is 10.3. The second-order valence-electron chi connectivity index (χ2n) is 4.65. The van der Waals surface area contributed by atoms with E-state index in [1.165, 1.54) is 12.1 Å². The molecule has 0 spiro atoms. The second kappa shape index (κ2) is 8.50. The molecule has 8 heteroatoms. The van der Waals surface area contributed by atoms with Crippen LogP contribution in [0.4, 0.5) is 0 Å². The summed E-state index contributed by atoms with van der Waals surface area (Å²) in [6.45, 7) is 3.27. The summed E-state index contributed by atoms with van der Waals surface area (Å²) in [4.78, 5) is 22.7. The maximum absolute atomic E-state index is 11.9. The second-order valence-corrected chi connectivity index (χ2v) is 6.42. The molecule has 0 aliphatic carbocycles. The van der Waals surface area contributed by atoms with Gasteiger partial charge in [-0.15, -0.1) is 0 Å². The maximum atomic E-state index is 11.9. The van der Waals surface area contributed by atoms with Gasteiger partial charge < -0.3 is 10.1 Å². The number of benzene rings is 1. The predicted octanol–water partition coefficient (Wildman–Crippen LogP) is 0.343. The summed E-state index contributed by atoms with van der Waals surface area (Å²) in [6.07, 6.45) is 0.774. The maximum Gasteiger partial charge on any atom is 0.321 e. The Balaban J connectivity index is 2.43. The topological polar surface area (TPSA) is 102 Å². The van der Waals surface area contributed by atoms with E-state index in [0.29, 0.717) is 6.54 Å². The molecule has 7 nitrogen and oxygen atoms in total. The van der Waals surface area contributed by atoms with E-state index in [2.05, 4.69) is 14.8 Å². The minimum absolute atomic E-state index is 0.0617. The normalized spacial score (nSPS) is 11.0. The van der Waals surface area contributed by atoms with E-state index in [4.69, 9.17) is 0 Å². The van der Waals surface area contributed by atoms with Crippen LogP contribution in [0.5, 0.6) is 0 Å². The summed E-state index contributed by atoms with van der Waals surface area (Å²) in [6, 6.07) is 6.21. The third-order valence-corrected chi connectivity index (χ3v) is 4.09. The number of ether oxygens (including phenoxy) is 1. The van der Waals surface area contributed by atoms with Crippen molar-refractivity contribution in [1.82, 2.24) is 10.0 Å². The number of aryl methyl sites for hydroxylation is 1. The molecule has 0 saturated carbocycles. The van der Waals surface area contributed by atoms with Crippen LogP contribution in [0.15, 0.2) is 29.2 Å². The van der Waals surface area contributed by atoms with Crippen molar-refractivity contribution in [2.45, 2.75) is 25.2 Å². The highest BCUT2D eigenvalue weighted by Crippen LogP contribution is 2.09. The number of hydrogen-bond donors (Lipinski definition) is 2. The van der Waals surface area contributed by atoms with Crippen LogP contribution in [0.1, 0.15) is 18.9 Å². The van der Waals surface area contributed by atoms with Crippen molar-refractivity contribution in [3.8, 4) is 0 Å². The lowest BCUT2D eigenvalue weighted by Crippen LogP contribution is -2.34. The van der Waals surface area contributed by atoms with Gasteiger partial charge >= 0.3 is 5.97 Å². The van der Waals surface area contributed by atoms with Crippen LogP contribution in [0.2, 0.25) is 0 Å². The Morgan fingerprint density at radius 2 is 1.82 bits per heavy atom. The molecule has 1 rings (SSSR count). The van der Waals surface area contributed by atoms with E-state index in [1.54, 1.807) is 12.1 Å². The standard InChI is InChI=1S/C14H20N2O5S/c1-3-8-15-13(17)10-21-14(18)9-16-22(19,20)12-6-4-11(2)5-7-12/h4-7,16H,3,8-10H2,1-2H3,(H,15,17). The SMILES string of the molecule is CCCNC(=O)COC(=O)CNS(=O)(=O)c1ccc(C)cc1. The van der Waals surface area contributed by atoms with Gasteiger partial charge in [0.05, 0.1) is 4.90 Å². The smallest absolute Gasteiger partial charge is 0.321 e. The van der Waals surface area contributed by atoms with Crippen LogP contribution in [0.3, 0.4) is 0 Å². The zero-order chi connectivity index (χ0) is 16.6. The van der Waals surface area contributed by atoms with Gasteiger partial charge in [-0.3, -0.25) is 9.59 Å². The largest absolute Gasteiger partial charge is 0.455 e. The number of amides is 1. The van der Waals surface area contributed by atoms with Gasteiger partial charge in [-0.25, -0.2) is 8.42 Å². The quantitative estimate of drug-likeness (QED) is 0.670. The molecule has 122 valence electrons. The molecular formula is C14H20N2O5S. The Hall–Kier alpha value is -1.93. The summed E-state index contributed by atoms with van der Waals surface area (Å²) in [7, 11) is -3.78. The molecule has 0 atom stereocenters. The van der Waals surface area contributed by atoms with Gasteiger partial charge in [-0.2, -0.15) is 4.72 Å². The lowest BCUT2D eigenvalue weighted by Gasteiger charge is -2.08. The predicted molar refractivity (Wildman–Crippen MR) is 80.6 cm³/mol. The van der Waals surface area contributed by atoms with Crippen LogP contribution < -0.4 is 10.0 Å². The Labute approximate surface area is 130 Å². The van der Waals surface area contributed by atoms with Crippen molar-refractivity contribution >= 4 is 21.9 Å². The van der Waals surface area contributed by atoms with Gasteiger partial charge in [0.1, 0.15) is 6.54 Å². The number of hydrogen-bond acceptors (Lipinski definition) is 5. The van der Waals surface area contributed by atoms with Gasteiger partial charge in [0.25, 0.3) is 5.91 Å². The first-order valence-electron chi connectivity index (χ1n) is 6.84. The molecule has 22 heavy (non-hydrogen) atoms. The lowest BCUT2D eigenvalue weighted by molar-refractivity contribution is -0.147. The molecule has 0 heterocycles. The van der Waals surface area contributed by atoms with Crippen molar-refractivity contribution in [2.75, 3.05) is 19.7 Å². The number of carbonyl (C=O) groups is 2. The van der Waals surface area contributed by atoms with Crippen molar-refractivity contribution in [3.05, 3.63) is 29.8 Å². The number of esters is 1. The summed E-state index contributed by atoms with van der Waals surface area (Å²) < 4.78 is 30.7. The van der Waals surface area contributed by atoms with Gasteiger partial charge in [0, 0.05) is 6.54 Å². The van der Waals surface area contributed by atoms with E-state index >= 15 is 0 Å². The Morgan fingerprint density at radius 1 is 1.18 bits per heavy atom. The van der Waals surface area contributed by atoms with Crippen molar-refractivity contribution < 1.29 is 22.7 Å². The number of nitrogens with one attached hydrogen (secondary N) is 2. The average molecular weight is 328 g/mol. The highest BCUT2D eigenvalue weighted by atomic mass is 32.2. The molecule has 0 aromatic heterocycles. The molecule has 0 radical (unpaired) electrons. The van der Waals surface area contributed by atoms with Crippen LogP contribution in [-0.2, 0) is 24.3 Å². The number of carbonyl (C=O) groups excluding carboxylic acids is 2. The van der Waals surface area contributed by atoms with Crippen LogP contribution in [0.25, 0.3) is 0 Å². The molecule has 1 aromatic carbocycles. The summed E-state index contributed by atoms with van der Waals surface area (Å²) in [5.74, 6) is -1.24. The third kappa shape index (κ3) is 6.23. The van der Waals surface area contributed by atoms with E-state index < -0.39 is 35.1 Å². The summed E-state index contributed by atoms with van der Waals surface area (Å²) in [5.41, 5.74) is 0.927. The molecule has 0 saturated heterocycles. The molecule has 0 aliphatic heterocycles. The molecule has 2 N–H and O–H groups in total. The summed E-state index contributed by atoms with van der Waals surface area (Å²) in [5, 5.41) is 2.54. The Bertz CT molecular complexity index is 611. The molecular weight excluding hydrogens is 308 g/mol. The fraction of sp³-hybridized carbons (Fsp3) is 0.429. The third-order valence-electron chi connectivity index (χ3n) is 2.67. The monoisotopic (exact) mass is 328 g/mol. The molecule has 0 unspecified atom stereocenters. The molecule has 0 bridgehead atoms. The van der Waals surface area contributed by atoms with E-state index in [-0.39, 0.29) is 4.90 Å². The fourth-order valence-electron chi connectivity index (χ4n) is 1.47. The van der Waals surface area contributed by atoms with Gasteiger partial charge in [0.15, 0.2) is 6.61 Å². The van der Waals surface area contributed by atoms with Crippen molar-refractivity contribution in [2.24, 2.45) is 0 Å². The minimum atomic E-state index is -3.78. The molecule has 1 aromatic rings. The van der Waals surface area contributed by atoms with Crippen LogP contribution >= 0.6 is 0 Å². The zero-order valence-electron chi connectivity index (χ0n) is 12.6. The highest BCUT2D eigenvalue weighted by Gasteiger charge is 2.16. The Kier molecular flexibility index (Phi) is 7.00. The molecule has 0 aliphatic rings. The number of rotatable bonds is 8. The van der Waals surface area contributed by atoms with E-state index in [1.807, 2.05) is 13.8 Å². The average Bonchev–Trinajstić information content (AvgIpc) is 2.49. The van der Waals surface area contributed by atoms with Gasteiger partial charge in [-0.05, 0) is 25.5 Å². The molecule has 0 fully saturated rings. The zero-order valence-corrected chi connectivity index (χ0v) is 13.4. The van der Waals surface area contributed by atoms with Crippen LogP contribution in [0, 0.1) is 6.92 Å².